The van der Waals surface area contributed by atoms with Gasteiger partial charge < -0.3 is 10.5 Å². The number of ether oxygens (including phenoxy) is 1. The van der Waals surface area contributed by atoms with Gasteiger partial charge in [-0.25, -0.2) is 0 Å². The second kappa shape index (κ2) is 6.35. The average molecular weight is 247 g/mol. The Kier molecular flexibility index (Phi) is 4.79. The first-order valence-corrected chi connectivity index (χ1v) is 7.21. The monoisotopic (exact) mass is 247 g/mol. The van der Waals surface area contributed by atoms with E-state index in [4.69, 9.17) is 10.5 Å². The third kappa shape index (κ3) is 3.12. The predicted molar refractivity (Wildman–Crippen MR) is 75.6 cm³/mol. The van der Waals surface area contributed by atoms with Crippen molar-refractivity contribution in [1.82, 2.24) is 0 Å². The molecule has 0 heterocycles. The van der Waals surface area contributed by atoms with Crippen LogP contribution in [-0.2, 0) is 16.7 Å². The Morgan fingerprint density at radius 2 is 2.11 bits per heavy atom. The number of aryl methyl sites for hydroxylation is 1. The van der Waals surface area contributed by atoms with E-state index in [-0.39, 0.29) is 5.54 Å². The van der Waals surface area contributed by atoms with Crippen LogP contribution in [-0.4, -0.2) is 13.2 Å². The molecule has 1 aliphatic rings. The lowest BCUT2D eigenvalue weighted by molar-refractivity contribution is 0.108. The van der Waals surface area contributed by atoms with E-state index in [9.17, 15) is 0 Å². The quantitative estimate of drug-likeness (QED) is 0.782. The molecule has 1 aromatic carbocycles. The summed E-state index contributed by atoms with van der Waals surface area (Å²) >= 11 is 0. The Hall–Kier alpha value is -0.860. The Balaban J connectivity index is 1.95. The number of rotatable bonds is 6. The van der Waals surface area contributed by atoms with Crippen LogP contribution in [0.5, 0.6) is 0 Å². The number of nitrogens with two attached hydrogens (primary N) is 1. The smallest absolute Gasteiger partial charge is 0.0486 e. The lowest BCUT2D eigenvalue weighted by atomic mass is 9.75. The van der Waals surface area contributed by atoms with Crippen LogP contribution < -0.4 is 5.73 Å². The molecule has 0 aromatic heterocycles. The summed E-state index contributed by atoms with van der Waals surface area (Å²) in [5.41, 5.74) is 9.21. The van der Waals surface area contributed by atoms with E-state index in [0.29, 0.717) is 0 Å². The molecule has 1 unspecified atom stereocenters. The van der Waals surface area contributed by atoms with E-state index in [2.05, 4.69) is 31.2 Å². The van der Waals surface area contributed by atoms with Crippen LogP contribution in [0.2, 0.25) is 0 Å². The van der Waals surface area contributed by atoms with Gasteiger partial charge in [0.2, 0.25) is 0 Å². The molecule has 0 spiro atoms. The molecule has 18 heavy (non-hydrogen) atoms. The highest BCUT2D eigenvalue weighted by Crippen LogP contribution is 2.35. The Labute approximate surface area is 111 Å². The van der Waals surface area contributed by atoms with Crippen LogP contribution >= 0.6 is 0 Å². The Morgan fingerprint density at radius 3 is 2.94 bits per heavy atom. The molecule has 0 saturated heterocycles. The molecule has 2 nitrogen and oxygen atoms in total. The standard InChI is InChI=1S/C16H25NO/c1-2-3-12-18-13-11-16(17)10-6-8-14-7-4-5-9-15(14)16/h4-5,7,9H,2-3,6,8,10-13,17H2,1H3. The minimum atomic E-state index is -0.166. The summed E-state index contributed by atoms with van der Waals surface area (Å²) < 4.78 is 5.68. The summed E-state index contributed by atoms with van der Waals surface area (Å²) in [4.78, 5) is 0. The average Bonchev–Trinajstić information content (AvgIpc) is 2.39. The highest BCUT2D eigenvalue weighted by Gasteiger charge is 2.31. The maximum atomic E-state index is 6.61. The number of fused-ring (bicyclic) bond motifs is 1. The highest BCUT2D eigenvalue weighted by molar-refractivity contribution is 5.35. The van der Waals surface area contributed by atoms with Crippen LogP contribution in [0.3, 0.4) is 0 Å². The van der Waals surface area contributed by atoms with Crippen LogP contribution in [0.1, 0.15) is 50.2 Å². The molecule has 1 atom stereocenters. The van der Waals surface area contributed by atoms with E-state index in [1.54, 1.807) is 0 Å². The van der Waals surface area contributed by atoms with Crippen molar-refractivity contribution in [1.29, 1.82) is 0 Å². The molecule has 100 valence electrons. The van der Waals surface area contributed by atoms with Crippen molar-refractivity contribution in [2.75, 3.05) is 13.2 Å². The lowest BCUT2D eigenvalue weighted by Crippen LogP contribution is -2.41. The van der Waals surface area contributed by atoms with Crippen molar-refractivity contribution < 1.29 is 4.74 Å². The van der Waals surface area contributed by atoms with Gasteiger partial charge in [0.15, 0.2) is 0 Å². The maximum Gasteiger partial charge on any atom is 0.0486 e. The zero-order chi connectivity index (χ0) is 12.8. The third-order valence-corrected chi connectivity index (χ3v) is 3.96. The largest absolute Gasteiger partial charge is 0.381 e. The van der Waals surface area contributed by atoms with Gasteiger partial charge in [-0.1, -0.05) is 37.6 Å². The molecule has 1 aromatic rings. The van der Waals surface area contributed by atoms with E-state index in [0.717, 1.165) is 32.5 Å². The van der Waals surface area contributed by atoms with Crippen LogP contribution in [0, 0.1) is 0 Å². The zero-order valence-electron chi connectivity index (χ0n) is 11.5. The van der Waals surface area contributed by atoms with E-state index >= 15 is 0 Å². The van der Waals surface area contributed by atoms with Crippen molar-refractivity contribution >= 4 is 0 Å². The van der Waals surface area contributed by atoms with Gasteiger partial charge in [-0.2, -0.15) is 0 Å². The minimum Gasteiger partial charge on any atom is -0.381 e. The predicted octanol–water partition coefficient (Wildman–Crippen LogP) is 3.38. The summed E-state index contributed by atoms with van der Waals surface area (Å²) in [6.07, 6.45) is 6.73. The Bertz CT molecular complexity index is 377. The third-order valence-electron chi connectivity index (χ3n) is 3.96. The SMILES string of the molecule is CCCCOCCC1(N)CCCc2ccccc21. The molecule has 0 aliphatic heterocycles. The second-order valence-corrected chi connectivity index (χ2v) is 5.38. The topological polar surface area (TPSA) is 35.2 Å². The van der Waals surface area contributed by atoms with Crippen molar-refractivity contribution in [3.05, 3.63) is 35.4 Å². The summed E-state index contributed by atoms with van der Waals surface area (Å²) in [5.74, 6) is 0. The molecular weight excluding hydrogens is 222 g/mol. The normalized spacial score (nSPS) is 22.8. The Morgan fingerprint density at radius 1 is 1.28 bits per heavy atom. The summed E-state index contributed by atoms with van der Waals surface area (Å²) in [7, 11) is 0. The van der Waals surface area contributed by atoms with Gasteiger partial charge in [0, 0.05) is 18.8 Å². The number of benzene rings is 1. The second-order valence-electron chi connectivity index (χ2n) is 5.38. The van der Waals surface area contributed by atoms with Gasteiger partial charge >= 0.3 is 0 Å². The minimum absolute atomic E-state index is 0.166. The highest BCUT2D eigenvalue weighted by atomic mass is 16.5. The summed E-state index contributed by atoms with van der Waals surface area (Å²) in [5, 5.41) is 0. The molecule has 1 aliphatic carbocycles. The van der Waals surface area contributed by atoms with Gasteiger partial charge in [0.1, 0.15) is 0 Å². The summed E-state index contributed by atoms with van der Waals surface area (Å²) in [6.45, 7) is 3.84. The van der Waals surface area contributed by atoms with Crippen LogP contribution in [0.4, 0.5) is 0 Å². The molecule has 2 rings (SSSR count). The number of unbranched alkanes of at least 4 members (excludes halogenated alkanes) is 1. The molecular formula is C16H25NO. The van der Waals surface area contributed by atoms with E-state index in [1.165, 1.54) is 30.4 Å². The first-order chi connectivity index (χ1) is 8.76. The summed E-state index contributed by atoms with van der Waals surface area (Å²) in [6, 6.07) is 8.63. The molecule has 0 saturated carbocycles. The van der Waals surface area contributed by atoms with Gasteiger partial charge in [-0.05, 0) is 43.2 Å². The maximum absolute atomic E-state index is 6.61. The van der Waals surface area contributed by atoms with Crippen molar-refractivity contribution in [2.24, 2.45) is 5.73 Å². The van der Waals surface area contributed by atoms with Gasteiger partial charge in [0.25, 0.3) is 0 Å². The molecule has 0 amide bonds. The van der Waals surface area contributed by atoms with Crippen molar-refractivity contribution in [3.63, 3.8) is 0 Å². The molecule has 0 radical (unpaired) electrons. The van der Waals surface area contributed by atoms with E-state index in [1.807, 2.05) is 0 Å². The van der Waals surface area contributed by atoms with Crippen LogP contribution in [0.25, 0.3) is 0 Å². The first kappa shape index (κ1) is 13.6. The fraction of sp³-hybridized carbons (Fsp3) is 0.625. The van der Waals surface area contributed by atoms with Gasteiger partial charge in [0.05, 0.1) is 0 Å². The fourth-order valence-electron chi connectivity index (χ4n) is 2.82. The lowest BCUT2D eigenvalue weighted by Gasteiger charge is -2.35. The molecule has 2 N–H and O–H groups in total. The molecule has 2 heteroatoms. The fourth-order valence-corrected chi connectivity index (χ4v) is 2.82. The number of hydrogen-bond donors (Lipinski definition) is 1. The van der Waals surface area contributed by atoms with E-state index < -0.39 is 0 Å². The van der Waals surface area contributed by atoms with Crippen molar-refractivity contribution in [2.45, 2.75) is 51.0 Å². The van der Waals surface area contributed by atoms with Gasteiger partial charge in [-0.3, -0.25) is 0 Å². The molecule has 0 bridgehead atoms. The number of hydrogen-bond acceptors (Lipinski definition) is 2. The van der Waals surface area contributed by atoms with Crippen LogP contribution in [0.15, 0.2) is 24.3 Å². The van der Waals surface area contributed by atoms with Crippen molar-refractivity contribution in [3.8, 4) is 0 Å². The first-order valence-electron chi connectivity index (χ1n) is 7.21. The zero-order valence-corrected chi connectivity index (χ0v) is 11.5. The molecule has 0 fully saturated rings. The van der Waals surface area contributed by atoms with Gasteiger partial charge in [-0.15, -0.1) is 0 Å².